The zero-order valence-corrected chi connectivity index (χ0v) is 15.3. The fourth-order valence-electron chi connectivity index (χ4n) is 3.15. The molecule has 150 valence electrons. The van der Waals surface area contributed by atoms with E-state index in [1.165, 1.54) is 0 Å². The van der Waals surface area contributed by atoms with Crippen molar-refractivity contribution in [2.24, 2.45) is 5.92 Å². The second-order valence-electron chi connectivity index (χ2n) is 6.69. The van der Waals surface area contributed by atoms with Gasteiger partial charge in [-0.3, -0.25) is 9.59 Å². The zero-order chi connectivity index (χ0) is 19.6. The largest absolute Gasteiger partial charge is 0.394 e. The molecule has 1 fully saturated rings. The van der Waals surface area contributed by atoms with Gasteiger partial charge in [0, 0.05) is 12.5 Å². The number of rotatable bonds is 10. The predicted octanol–water partition coefficient (Wildman–Crippen LogP) is -0.898. The van der Waals surface area contributed by atoms with Crippen LogP contribution in [-0.2, 0) is 27.4 Å². The van der Waals surface area contributed by atoms with E-state index in [1.54, 1.807) is 24.3 Å². The molecular weight excluding hydrogens is 352 g/mol. The van der Waals surface area contributed by atoms with E-state index in [1.807, 2.05) is 0 Å². The van der Waals surface area contributed by atoms with Gasteiger partial charge in [0.2, 0.25) is 11.8 Å². The van der Waals surface area contributed by atoms with Crippen molar-refractivity contribution in [1.29, 1.82) is 0 Å². The maximum Gasteiger partial charge on any atom is 0.224 e. The topological polar surface area (TPSA) is 128 Å². The molecule has 27 heavy (non-hydrogen) atoms. The minimum absolute atomic E-state index is 0.0439. The normalized spacial score (nSPS) is 21.8. The van der Waals surface area contributed by atoms with Gasteiger partial charge < -0.3 is 30.7 Å². The average molecular weight is 380 g/mol. The molecule has 0 saturated heterocycles. The minimum Gasteiger partial charge on any atom is -0.394 e. The monoisotopic (exact) mass is 380 g/mol. The van der Waals surface area contributed by atoms with Gasteiger partial charge in [-0.2, -0.15) is 0 Å². The number of amides is 2. The lowest BCUT2D eigenvalue weighted by Crippen LogP contribution is -2.40. The first kappa shape index (κ1) is 21.3. The van der Waals surface area contributed by atoms with Gasteiger partial charge >= 0.3 is 0 Å². The Morgan fingerprint density at radius 2 is 1.78 bits per heavy atom. The van der Waals surface area contributed by atoms with Crippen LogP contribution in [0.5, 0.6) is 0 Å². The van der Waals surface area contributed by atoms with Crippen LogP contribution in [0.15, 0.2) is 24.3 Å². The predicted molar refractivity (Wildman–Crippen MR) is 97.6 cm³/mol. The molecule has 0 bridgehead atoms. The molecule has 5 N–H and O–H groups in total. The van der Waals surface area contributed by atoms with E-state index < -0.39 is 12.1 Å². The van der Waals surface area contributed by atoms with E-state index in [2.05, 4.69) is 10.6 Å². The van der Waals surface area contributed by atoms with Crippen LogP contribution in [0.4, 0.5) is 0 Å². The Labute approximate surface area is 158 Å². The van der Waals surface area contributed by atoms with Crippen molar-refractivity contribution < 1.29 is 29.6 Å². The Kier molecular flexibility index (Phi) is 8.66. The van der Waals surface area contributed by atoms with Crippen LogP contribution in [0.25, 0.3) is 0 Å². The SMILES string of the molecule is O=C(Cc1ccc(CO)cc1)N[C@H]1C[C@H](C(=O)NCCOCCO)C[C@@H]1O. The summed E-state index contributed by atoms with van der Waals surface area (Å²) in [7, 11) is 0. The van der Waals surface area contributed by atoms with Crippen LogP contribution in [0.2, 0.25) is 0 Å². The summed E-state index contributed by atoms with van der Waals surface area (Å²) in [5.41, 5.74) is 1.59. The van der Waals surface area contributed by atoms with Crippen molar-refractivity contribution in [3.63, 3.8) is 0 Å². The minimum atomic E-state index is -0.757. The van der Waals surface area contributed by atoms with Crippen LogP contribution in [-0.4, -0.2) is 65.6 Å². The van der Waals surface area contributed by atoms with Crippen molar-refractivity contribution >= 4 is 11.8 Å². The fraction of sp³-hybridized carbons (Fsp3) is 0.579. The molecule has 1 aliphatic rings. The number of hydrogen-bond donors (Lipinski definition) is 5. The number of aliphatic hydroxyl groups is 3. The first-order valence-electron chi connectivity index (χ1n) is 9.16. The molecule has 1 saturated carbocycles. The van der Waals surface area contributed by atoms with E-state index in [4.69, 9.17) is 14.9 Å². The summed E-state index contributed by atoms with van der Waals surface area (Å²) in [5, 5.41) is 33.3. The summed E-state index contributed by atoms with van der Waals surface area (Å²) in [4.78, 5) is 24.4. The molecule has 0 aromatic heterocycles. The number of nitrogens with one attached hydrogen (secondary N) is 2. The summed E-state index contributed by atoms with van der Waals surface area (Å²) >= 11 is 0. The maximum absolute atomic E-state index is 12.2. The molecule has 0 heterocycles. The number of ether oxygens (including phenoxy) is 1. The van der Waals surface area contributed by atoms with E-state index in [0.717, 1.165) is 11.1 Å². The Hall–Kier alpha value is -2.00. The Morgan fingerprint density at radius 1 is 1.07 bits per heavy atom. The molecule has 0 spiro atoms. The molecule has 1 aliphatic carbocycles. The highest BCUT2D eigenvalue weighted by molar-refractivity contribution is 5.81. The molecule has 0 unspecified atom stereocenters. The second-order valence-corrected chi connectivity index (χ2v) is 6.69. The van der Waals surface area contributed by atoms with Gasteiger partial charge in [-0.1, -0.05) is 24.3 Å². The molecule has 8 nitrogen and oxygen atoms in total. The van der Waals surface area contributed by atoms with Gasteiger partial charge in [0.1, 0.15) is 0 Å². The van der Waals surface area contributed by atoms with Crippen molar-refractivity contribution in [2.75, 3.05) is 26.4 Å². The van der Waals surface area contributed by atoms with Gasteiger partial charge in [-0.05, 0) is 24.0 Å². The molecule has 2 amide bonds. The smallest absolute Gasteiger partial charge is 0.224 e. The van der Waals surface area contributed by atoms with Gasteiger partial charge in [0.25, 0.3) is 0 Å². The van der Waals surface area contributed by atoms with Gasteiger partial charge in [-0.25, -0.2) is 0 Å². The first-order chi connectivity index (χ1) is 13.0. The summed E-state index contributed by atoms with van der Waals surface area (Å²) in [6.45, 7) is 0.783. The molecule has 0 aliphatic heterocycles. The Bertz CT molecular complexity index is 607. The number of carbonyl (C=O) groups is 2. The van der Waals surface area contributed by atoms with Crippen molar-refractivity contribution in [1.82, 2.24) is 10.6 Å². The van der Waals surface area contributed by atoms with Crippen molar-refractivity contribution in [2.45, 2.75) is 38.0 Å². The molecule has 1 aromatic carbocycles. The Balaban J connectivity index is 1.74. The van der Waals surface area contributed by atoms with Crippen molar-refractivity contribution in [3.05, 3.63) is 35.4 Å². The van der Waals surface area contributed by atoms with E-state index >= 15 is 0 Å². The highest BCUT2D eigenvalue weighted by Gasteiger charge is 2.37. The van der Waals surface area contributed by atoms with Crippen LogP contribution in [0, 0.1) is 5.92 Å². The van der Waals surface area contributed by atoms with Gasteiger partial charge in [0.05, 0.1) is 45.0 Å². The second kappa shape index (κ2) is 11.0. The van der Waals surface area contributed by atoms with Crippen LogP contribution in [0.1, 0.15) is 24.0 Å². The average Bonchev–Trinajstić information content (AvgIpc) is 3.02. The lowest BCUT2D eigenvalue weighted by molar-refractivity contribution is -0.125. The quantitative estimate of drug-likeness (QED) is 0.335. The summed E-state index contributed by atoms with van der Waals surface area (Å²) < 4.78 is 5.08. The first-order valence-corrected chi connectivity index (χ1v) is 9.16. The summed E-state index contributed by atoms with van der Waals surface area (Å²) in [6, 6.07) is 6.64. The maximum atomic E-state index is 12.2. The van der Waals surface area contributed by atoms with Crippen molar-refractivity contribution in [3.8, 4) is 0 Å². The summed E-state index contributed by atoms with van der Waals surface area (Å²) in [6.07, 6.45) is 0.111. The van der Waals surface area contributed by atoms with Crippen LogP contribution in [0.3, 0.4) is 0 Å². The Morgan fingerprint density at radius 3 is 2.44 bits per heavy atom. The van der Waals surface area contributed by atoms with E-state index in [-0.39, 0.29) is 44.0 Å². The van der Waals surface area contributed by atoms with E-state index in [0.29, 0.717) is 26.0 Å². The van der Waals surface area contributed by atoms with Crippen LogP contribution >= 0.6 is 0 Å². The molecule has 8 heteroatoms. The zero-order valence-electron chi connectivity index (χ0n) is 15.3. The molecule has 3 atom stereocenters. The highest BCUT2D eigenvalue weighted by atomic mass is 16.5. The molecule has 0 radical (unpaired) electrons. The lowest BCUT2D eigenvalue weighted by atomic mass is 10.1. The number of hydrogen-bond acceptors (Lipinski definition) is 6. The fourth-order valence-corrected chi connectivity index (χ4v) is 3.15. The third-order valence-corrected chi connectivity index (χ3v) is 4.60. The number of aliphatic hydroxyl groups excluding tert-OH is 3. The van der Waals surface area contributed by atoms with Gasteiger partial charge in [-0.15, -0.1) is 0 Å². The third-order valence-electron chi connectivity index (χ3n) is 4.60. The lowest BCUT2D eigenvalue weighted by Gasteiger charge is -2.16. The van der Waals surface area contributed by atoms with E-state index in [9.17, 15) is 14.7 Å². The molecule has 2 rings (SSSR count). The standard InChI is InChI=1S/C19H28N2O6/c22-6-8-27-7-5-20-19(26)15-10-16(17(24)11-15)21-18(25)9-13-1-3-14(12-23)4-2-13/h1-4,15-17,22-24H,5-12H2,(H,20,26)(H,21,25)/t15-,16-,17-/m0/s1. The molecule has 1 aromatic rings. The van der Waals surface area contributed by atoms with Gasteiger partial charge in [0.15, 0.2) is 0 Å². The third kappa shape index (κ3) is 6.91. The number of benzene rings is 1. The summed E-state index contributed by atoms with van der Waals surface area (Å²) in [5.74, 6) is -0.737. The van der Waals surface area contributed by atoms with Crippen LogP contribution < -0.4 is 10.6 Å². The highest BCUT2D eigenvalue weighted by Crippen LogP contribution is 2.26. The number of carbonyl (C=O) groups excluding carboxylic acids is 2. The molecular formula is C19H28N2O6.